The molecular formula is C21H29NO6. The van der Waals surface area contributed by atoms with Crippen LogP contribution in [0, 0.1) is 0 Å². The van der Waals surface area contributed by atoms with Crippen molar-refractivity contribution in [2.45, 2.75) is 82.8 Å². The highest BCUT2D eigenvalue weighted by Gasteiger charge is 2.58. The van der Waals surface area contributed by atoms with E-state index in [1.54, 1.807) is 0 Å². The quantitative estimate of drug-likeness (QED) is 0.849. The fraction of sp³-hybridized carbons (Fsp3) is 0.667. The molecule has 1 amide bonds. The Balaban J connectivity index is 1.52. The Labute approximate surface area is 165 Å². The highest BCUT2D eigenvalue weighted by atomic mass is 16.8. The first kappa shape index (κ1) is 19.8. The van der Waals surface area contributed by atoms with E-state index in [1.165, 1.54) is 0 Å². The van der Waals surface area contributed by atoms with Crippen LogP contribution in [0.1, 0.15) is 46.1 Å². The van der Waals surface area contributed by atoms with Gasteiger partial charge in [0.2, 0.25) is 5.91 Å². The van der Waals surface area contributed by atoms with Crippen LogP contribution in [0.15, 0.2) is 30.3 Å². The third-order valence-electron chi connectivity index (χ3n) is 5.49. The van der Waals surface area contributed by atoms with Gasteiger partial charge in [-0.25, -0.2) is 0 Å². The number of nitrogens with one attached hydrogen (secondary N) is 1. The van der Waals surface area contributed by atoms with Crippen molar-refractivity contribution in [1.29, 1.82) is 0 Å². The second-order valence-corrected chi connectivity index (χ2v) is 8.60. The van der Waals surface area contributed by atoms with E-state index in [2.05, 4.69) is 5.32 Å². The molecule has 3 aliphatic heterocycles. The van der Waals surface area contributed by atoms with Gasteiger partial charge >= 0.3 is 0 Å². The van der Waals surface area contributed by atoms with E-state index < -0.39 is 36.1 Å². The molecule has 1 unspecified atom stereocenters. The molecule has 4 rings (SSSR count). The van der Waals surface area contributed by atoms with Crippen LogP contribution in [0.3, 0.4) is 0 Å². The number of ether oxygens (including phenoxy) is 5. The van der Waals surface area contributed by atoms with Gasteiger partial charge in [-0.15, -0.1) is 0 Å². The second kappa shape index (κ2) is 7.07. The predicted molar refractivity (Wildman–Crippen MR) is 100 cm³/mol. The molecule has 7 nitrogen and oxygen atoms in total. The van der Waals surface area contributed by atoms with Gasteiger partial charge in [-0.1, -0.05) is 30.3 Å². The lowest BCUT2D eigenvalue weighted by Gasteiger charge is -2.30. The summed E-state index contributed by atoms with van der Waals surface area (Å²) in [6.07, 6.45) is -1.68. The fourth-order valence-corrected chi connectivity index (χ4v) is 4.07. The molecule has 7 heteroatoms. The van der Waals surface area contributed by atoms with Gasteiger partial charge < -0.3 is 29.0 Å². The number of hydrogen-bond donors (Lipinski definition) is 1. The van der Waals surface area contributed by atoms with Crippen LogP contribution < -0.4 is 5.32 Å². The van der Waals surface area contributed by atoms with Gasteiger partial charge in [0.25, 0.3) is 0 Å². The monoisotopic (exact) mass is 391 g/mol. The van der Waals surface area contributed by atoms with E-state index in [4.69, 9.17) is 23.7 Å². The fourth-order valence-electron chi connectivity index (χ4n) is 4.07. The zero-order valence-corrected chi connectivity index (χ0v) is 17.0. The lowest BCUT2D eigenvalue weighted by molar-refractivity contribution is -0.223. The maximum Gasteiger partial charge on any atom is 0.227 e. The molecular weight excluding hydrogens is 362 g/mol. The molecule has 154 valence electrons. The summed E-state index contributed by atoms with van der Waals surface area (Å²) in [7, 11) is 0. The summed E-state index contributed by atoms with van der Waals surface area (Å²) in [5.74, 6) is -1.83. The van der Waals surface area contributed by atoms with E-state index in [0.29, 0.717) is 6.61 Å². The highest BCUT2D eigenvalue weighted by molar-refractivity contribution is 5.83. The van der Waals surface area contributed by atoms with E-state index >= 15 is 0 Å². The summed E-state index contributed by atoms with van der Waals surface area (Å²) in [5, 5.41) is 3.14. The number of fused-ring (bicyclic) bond motifs is 1. The average molecular weight is 391 g/mol. The molecule has 3 saturated heterocycles. The van der Waals surface area contributed by atoms with E-state index in [9.17, 15) is 4.79 Å². The predicted octanol–water partition coefficient (Wildman–Crippen LogP) is 2.30. The first-order valence-corrected chi connectivity index (χ1v) is 9.83. The van der Waals surface area contributed by atoms with E-state index in [1.807, 2.05) is 65.0 Å². The number of hydrogen-bond acceptors (Lipinski definition) is 6. The number of carbonyl (C=O) groups is 1. The Morgan fingerprint density at radius 2 is 1.75 bits per heavy atom. The van der Waals surface area contributed by atoms with Gasteiger partial charge in [-0.2, -0.15) is 0 Å². The minimum Gasteiger partial charge on any atom is -0.348 e. The van der Waals surface area contributed by atoms with Crippen molar-refractivity contribution in [3.8, 4) is 0 Å². The van der Waals surface area contributed by atoms with Crippen molar-refractivity contribution >= 4 is 5.91 Å². The lowest BCUT2D eigenvalue weighted by atomic mass is 9.98. The maximum absolute atomic E-state index is 13.0. The van der Waals surface area contributed by atoms with Crippen molar-refractivity contribution in [1.82, 2.24) is 5.32 Å². The Hall–Kier alpha value is -1.51. The summed E-state index contributed by atoms with van der Waals surface area (Å²) in [5.41, 5.74) is 0.956. The molecule has 0 bridgehead atoms. The Kier molecular flexibility index (Phi) is 5.00. The minimum absolute atomic E-state index is 0.0862. The highest BCUT2D eigenvalue weighted by Crippen LogP contribution is 2.40. The molecule has 0 saturated carbocycles. The van der Waals surface area contributed by atoms with Crippen molar-refractivity contribution in [3.05, 3.63) is 35.9 Å². The zero-order valence-electron chi connectivity index (χ0n) is 17.0. The Morgan fingerprint density at radius 1 is 1.04 bits per heavy atom. The first-order valence-electron chi connectivity index (χ1n) is 9.83. The lowest BCUT2D eigenvalue weighted by Crippen LogP contribution is -2.53. The Bertz CT molecular complexity index is 721. The summed E-state index contributed by atoms with van der Waals surface area (Å²) in [6.45, 7) is 9.69. The normalized spacial score (nSPS) is 36.8. The number of carbonyl (C=O) groups excluding carboxylic acids is 1. The van der Waals surface area contributed by atoms with Gasteiger partial charge in [0.1, 0.15) is 18.3 Å². The molecule has 0 aliphatic carbocycles. The van der Waals surface area contributed by atoms with Crippen molar-refractivity contribution < 1.29 is 28.5 Å². The third-order valence-corrected chi connectivity index (χ3v) is 5.49. The SMILES string of the molecule is CC(C(=O)N[C@@H]1[C@H]2OC(C)(C)O[C@H]2O[C@@H]1[C@H]1COC(C)(C)O1)c1ccccc1. The number of benzene rings is 1. The average Bonchev–Trinajstić information content (AvgIpc) is 3.25. The summed E-state index contributed by atoms with van der Waals surface area (Å²) in [6, 6.07) is 9.30. The van der Waals surface area contributed by atoms with Crippen LogP contribution in [0.25, 0.3) is 0 Å². The van der Waals surface area contributed by atoms with Gasteiger partial charge in [-0.3, -0.25) is 4.79 Å². The molecule has 28 heavy (non-hydrogen) atoms. The van der Waals surface area contributed by atoms with Crippen LogP contribution in [0.5, 0.6) is 0 Å². The van der Waals surface area contributed by atoms with Crippen molar-refractivity contribution in [3.63, 3.8) is 0 Å². The van der Waals surface area contributed by atoms with E-state index in [0.717, 1.165) is 5.56 Å². The molecule has 1 N–H and O–H groups in total. The first-order chi connectivity index (χ1) is 13.2. The minimum atomic E-state index is -0.763. The van der Waals surface area contributed by atoms with E-state index in [-0.39, 0.29) is 17.9 Å². The molecule has 1 aromatic rings. The molecule has 1 aromatic carbocycles. The zero-order chi connectivity index (χ0) is 20.1. The van der Waals surface area contributed by atoms with Gasteiger partial charge in [-0.05, 0) is 40.2 Å². The molecule has 3 fully saturated rings. The van der Waals surface area contributed by atoms with Crippen molar-refractivity contribution in [2.75, 3.05) is 6.61 Å². The van der Waals surface area contributed by atoms with Crippen LogP contribution in [-0.2, 0) is 28.5 Å². The standard InChI is InChI=1S/C21H29NO6/c1-12(13-9-7-6-8-10-13)18(23)22-15-16(14-11-24-20(2,3)26-14)25-19-17(15)27-21(4,5)28-19/h6-10,12,14-17,19H,11H2,1-5H3,(H,22,23)/t12?,14-,15+,16-,17-,19-/m1/s1. The molecule has 3 aliphatic rings. The third kappa shape index (κ3) is 3.82. The Morgan fingerprint density at radius 3 is 2.39 bits per heavy atom. The van der Waals surface area contributed by atoms with Gasteiger partial charge in [0.15, 0.2) is 17.9 Å². The summed E-state index contributed by atoms with van der Waals surface area (Å²) < 4.78 is 29.8. The molecule has 0 aromatic heterocycles. The maximum atomic E-state index is 13.0. The number of amides is 1. The largest absolute Gasteiger partial charge is 0.348 e. The molecule has 0 spiro atoms. The van der Waals surface area contributed by atoms with Crippen LogP contribution in [-0.4, -0.2) is 54.7 Å². The van der Waals surface area contributed by atoms with Crippen LogP contribution in [0.4, 0.5) is 0 Å². The molecule has 3 heterocycles. The van der Waals surface area contributed by atoms with Crippen LogP contribution in [0.2, 0.25) is 0 Å². The van der Waals surface area contributed by atoms with Gasteiger partial charge in [0.05, 0.1) is 18.6 Å². The molecule has 0 radical (unpaired) electrons. The van der Waals surface area contributed by atoms with Gasteiger partial charge in [0, 0.05) is 0 Å². The summed E-state index contributed by atoms with van der Waals surface area (Å²) >= 11 is 0. The van der Waals surface area contributed by atoms with Crippen LogP contribution >= 0.6 is 0 Å². The van der Waals surface area contributed by atoms with Crippen molar-refractivity contribution in [2.24, 2.45) is 0 Å². The second-order valence-electron chi connectivity index (χ2n) is 8.60. The summed E-state index contributed by atoms with van der Waals surface area (Å²) in [4.78, 5) is 13.0. The smallest absolute Gasteiger partial charge is 0.227 e. The number of rotatable bonds is 4. The topological polar surface area (TPSA) is 75.3 Å². The molecule has 6 atom stereocenters.